The lowest BCUT2D eigenvalue weighted by molar-refractivity contribution is 0.220. The van der Waals surface area contributed by atoms with Gasteiger partial charge in [-0.3, -0.25) is 0 Å². The number of aliphatic hydroxyl groups excluding tert-OH is 1. The zero-order valence-electron chi connectivity index (χ0n) is 11.4. The van der Waals surface area contributed by atoms with Crippen LogP contribution in [0.2, 0.25) is 0 Å². The number of hydrogen-bond donors (Lipinski definition) is 1. The molecule has 1 aromatic heterocycles. The molecule has 0 aliphatic rings. The Morgan fingerprint density at radius 3 is 2.11 bits per heavy atom. The normalized spacial score (nSPS) is 13.6. The first kappa shape index (κ1) is 13.3. The molecule has 0 spiro atoms. The topological polar surface area (TPSA) is 20.2 Å². The summed E-state index contributed by atoms with van der Waals surface area (Å²) in [6, 6.07) is 8.28. The molecule has 2 aromatic rings. The number of aliphatic hydroxyl groups is 1. The fourth-order valence-corrected chi connectivity index (χ4v) is 2.87. The standard InChI is InChI=1S/C16H20OS/c1-11-9-18-10-14(11)15(17)12-5-7-13(8-6-12)16(2,3)4/h5-10,15,17H,1-4H3. The number of thiophene rings is 1. The van der Waals surface area contributed by atoms with Crippen molar-refractivity contribution < 1.29 is 5.11 Å². The molecule has 0 fully saturated rings. The fraction of sp³-hybridized carbons (Fsp3) is 0.375. The van der Waals surface area contributed by atoms with E-state index >= 15 is 0 Å². The van der Waals surface area contributed by atoms with Gasteiger partial charge < -0.3 is 5.11 Å². The molecular formula is C16H20OS. The number of benzene rings is 1. The van der Waals surface area contributed by atoms with Crippen molar-refractivity contribution in [2.45, 2.75) is 39.2 Å². The smallest absolute Gasteiger partial charge is 0.105 e. The zero-order chi connectivity index (χ0) is 13.3. The van der Waals surface area contributed by atoms with Crippen molar-refractivity contribution in [3.63, 3.8) is 0 Å². The molecule has 1 unspecified atom stereocenters. The summed E-state index contributed by atoms with van der Waals surface area (Å²) >= 11 is 1.64. The Morgan fingerprint density at radius 1 is 1.06 bits per heavy atom. The molecule has 2 rings (SSSR count). The molecule has 18 heavy (non-hydrogen) atoms. The van der Waals surface area contributed by atoms with Gasteiger partial charge in [0.25, 0.3) is 0 Å². The molecule has 1 N–H and O–H groups in total. The lowest BCUT2D eigenvalue weighted by Gasteiger charge is -2.20. The van der Waals surface area contributed by atoms with E-state index in [1.54, 1.807) is 11.3 Å². The second-order valence-electron chi connectivity index (χ2n) is 5.78. The Kier molecular flexibility index (Phi) is 3.60. The number of hydrogen-bond acceptors (Lipinski definition) is 2. The highest BCUT2D eigenvalue weighted by Gasteiger charge is 2.16. The molecule has 2 heteroatoms. The van der Waals surface area contributed by atoms with Crippen LogP contribution in [0, 0.1) is 6.92 Å². The molecule has 0 aliphatic carbocycles. The molecule has 96 valence electrons. The highest BCUT2D eigenvalue weighted by atomic mass is 32.1. The first-order chi connectivity index (χ1) is 8.39. The third-order valence-electron chi connectivity index (χ3n) is 3.28. The summed E-state index contributed by atoms with van der Waals surface area (Å²) in [4.78, 5) is 0. The summed E-state index contributed by atoms with van der Waals surface area (Å²) in [7, 11) is 0. The van der Waals surface area contributed by atoms with E-state index in [1.165, 1.54) is 5.56 Å². The van der Waals surface area contributed by atoms with Gasteiger partial charge >= 0.3 is 0 Å². The van der Waals surface area contributed by atoms with Crippen LogP contribution in [0.15, 0.2) is 35.0 Å². The molecule has 1 aromatic carbocycles. The van der Waals surface area contributed by atoms with Crippen molar-refractivity contribution >= 4 is 11.3 Å². The Balaban J connectivity index is 2.28. The fourth-order valence-electron chi connectivity index (χ4n) is 2.00. The van der Waals surface area contributed by atoms with E-state index in [2.05, 4.69) is 38.3 Å². The maximum absolute atomic E-state index is 10.4. The van der Waals surface area contributed by atoms with Crippen molar-refractivity contribution in [2.24, 2.45) is 0 Å². The van der Waals surface area contributed by atoms with E-state index in [4.69, 9.17) is 0 Å². The maximum atomic E-state index is 10.4. The monoisotopic (exact) mass is 260 g/mol. The molecule has 1 heterocycles. The lowest BCUT2D eigenvalue weighted by Crippen LogP contribution is -2.11. The molecule has 0 saturated carbocycles. The predicted octanol–water partition coefficient (Wildman–Crippen LogP) is 4.44. The van der Waals surface area contributed by atoms with Gasteiger partial charge in [0.2, 0.25) is 0 Å². The van der Waals surface area contributed by atoms with Gasteiger partial charge in [-0.2, -0.15) is 11.3 Å². The van der Waals surface area contributed by atoms with Crippen LogP contribution < -0.4 is 0 Å². The maximum Gasteiger partial charge on any atom is 0.105 e. The first-order valence-electron chi connectivity index (χ1n) is 6.21. The summed E-state index contributed by atoms with van der Waals surface area (Å²) in [6.45, 7) is 8.63. The van der Waals surface area contributed by atoms with E-state index < -0.39 is 6.10 Å². The van der Waals surface area contributed by atoms with Crippen LogP contribution in [0.4, 0.5) is 0 Å². The Morgan fingerprint density at radius 2 is 1.67 bits per heavy atom. The minimum Gasteiger partial charge on any atom is -0.384 e. The summed E-state index contributed by atoms with van der Waals surface area (Å²) in [5, 5.41) is 14.5. The Hall–Kier alpha value is -1.12. The van der Waals surface area contributed by atoms with Crippen molar-refractivity contribution in [2.75, 3.05) is 0 Å². The molecule has 0 aliphatic heterocycles. The van der Waals surface area contributed by atoms with Gasteiger partial charge in [-0.15, -0.1) is 0 Å². The van der Waals surface area contributed by atoms with E-state index in [0.717, 1.165) is 16.7 Å². The van der Waals surface area contributed by atoms with Gasteiger partial charge in [0, 0.05) is 0 Å². The number of aryl methyl sites for hydroxylation is 1. The van der Waals surface area contributed by atoms with Crippen molar-refractivity contribution in [3.05, 3.63) is 57.3 Å². The molecule has 0 radical (unpaired) electrons. The molecular weight excluding hydrogens is 240 g/mol. The molecule has 0 saturated heterocycles. The largest absolute Gasteiger partial charge is 0.384 e. The van der Waals surface area contributed by atoms with E-state index in [-0.39, 0.29) is 5.41 Å². The molecule has 0 amide bonds. The quantitative estimate of drug-likeness (QED) is 0.846. The average Bonchev–Trinajstić information content (AvgIpc) is 2.73. The zero-order valence-corrected chi connectivity index (χ0v) is 12.2. The highest BCUT2D eigenvalue weighted by molar-refractivity contribution is 7.08. The summed E-state index contributed by atoms with van der Waals surface area (Å²) < 4.78 is 0. The minimum atomic E-state index is -0.509. The van der Waals surface area contributed by atoms with Crippen LogP contribution in [-0.4, -0.2) is 5.11 Å². The van der Waals surface area contributed by atoms with Crippen molar-refractivity contribution in [3.8, 4) is 0 Å². The summed E-state index contributed by atoms with van der Waals surface area (Å²) in [5.74, 6) is 0. The van der Waals surface area contributed by atoms with Gasteiger partial charge in [-0.05, 0) is 45.4 Å². The lowest BCUT2D eigenvalue weighted by atomic mass is 9.86. The van der Waals surface area contributed by atoms with Crippen LogP contribution in [0.5, 0.6) is 0 Å². The first-order valence-corrected chi connectivity index (χ1v) is 7.15. The average molecular weight is 260 g/mol. The second-order valence-corrected chi connectivity index (χ2v) is 6.53. The second kappa shape index (κ2) is 4.87. The van der Waals surface area contributed by atoms with E-state index in [0.29, 0.717) is 0 Å². The Labute approximate surface area is 113 Å². The molecule has 1 atom stereocenters. The number of rotatable bonds is 2. The van der Waals surface area contributed by atoms with Gasteiger partial charge in [0.1, 0.15) is 6.10 Å². The van der Waals surface area contributed by atoms with Crippen LogP contribution in [0.25, 0.3) is 0 Å². The van der Waals surface area contributed by atoms with E-state index in [1.807, 2.05) is 24.4 Å². The van der Waals surface area contributed by atoms with Gasteiger partial charge in [0.15, 0.2) is 0 Å². The van der Waals surface area contributed by atoms with Crippen LogP contribution in [0.3, 0.4) is 0 Å². The third kappa shape index (κ3) is 2.65. The van der Waals surface area contributed by atoms with E-state index in [9.17, 15) is 5.11 Å². The SMILES string of the molecule is Cc1cscc1C(O)c1ccc(C(C)(C)C)cc1. The van der Waals surface area contributed by atoms with Crippen molar-refractivity contribution in [1.29, 1.82) is 0 Å². The van der Waals surface area contributed by atoms with Crippen LogP contribution >= 0.6 is 11.3 Å². The minimum absolute atomic E-state index is 0.155. The Bertz CT molecular complexity index is 517. The van der Waals surface area contributed by atoms with Crippen molar-refractivity contribution in [1.82, 2.24) is 0 Å². The van der Waals surface area contributed by atoms with Crippen LogP contribution in [0.1, 0.15) is 49.1 Å². The van der Waals surface area contributed by atoms with Gasteiger partial charge in [0.05, 0.1) is 0 Å². The van der Waals surface area contributed by atoms with Crippen LogP contribution in [-0.2, 0) is 5.41 Å². The van der Waals surface area contributed by atoms with Gasteiger partial charge in [-0.1, -0.05) is 45.0 Å². The summed E-state index contributed by atoms with van der Waals surface area (Å²) in [5.41, 5.74) is 4.59. The molecule has 0 bridgehead atoms. The highest BCUT2D eigenvalue weighted by Crippen LogP contribution is 2.29. The molecule has 1 nitrogen and oxygen atoms in total. The predicted molar refractivity (Wildman–Crippen MR) is 78.3 cm³/mol. The summed E-state index contributed by atoms with van der Waals surface area (Å²) in [6.07, 6.45) is -0.509. The van der Waals surface area contributed by atoms with Gasteiger partial charge in [-0.25, -0.2) is 0 Å². The third-order valence-corrected chi connectivity index (χ3v) is 4.16.